The fourth-order valence-electron chi connectivity index (χ4n) is 3.10. The third kappa shape index (κ3) is 4.65. The summed E-state index contributed by atoms with van der Waals surface area (Å²) in [6.45, 7) is 0. The molecule has 0 saturated carbocycles. The molecule has 1 aromatic heterocycles. The van der Waals surface area contributed by atoms with Gasteiger partial charge < -0.3 is 20.2 Å². The molecule has 0 radical (unpaired) electrons. The minimum atomic E-state index is -0.623. The van der Waals surface area contributed by atoms with Crippen molar-refractivity contribution < 1.29 is 19.1 Å². The van der Waals surface area contributed by atoms with Crippen molar-refractivity contribution in [3.05, 3.63) is 71.2 Å². The van der Waals surface area contributed by atoms with Gasteiger partial charge in [0.2, 0.25) is 5.95 Å². The highest BCUT2D eigenvalue weighted by atomic mass is 79.9. The van der Waals surface area contributed by atoms with E-state index in [-0.39, 0.29) is 5.95 Å². The number of amides is 3. The number of nitrogens with two attached hydrogens (primary N) is 1. The predicted octanol–water partition coefficient (Wildman–Crippen LogP) is 5.51. The number of halogens is 1. The van der Waals surface area contributed by atoms with Crippen LogP contribution in [0.4, 0.5) is 26.9 Å². The zero-order valence-electron chi connectivity index (χ0n) is 16.8. The first-order valence-corrected chi connectivity index (χ1v) is 10.2. The maximum Gasteiger partial charge on any atom is 0.413 e. The second-order valence-corrected chi connectivity index (χ2v) is 7.55. The molecule has 162 valence electrons. The van der Waals surface area contributed by atoms with E-state index in [1.807, 2.05) is 12.1 Å². The molecule has 0 aliphatic rings. The average molecular weight is 496 g/mol. The Labute approximate surface area is 191 Å². The first kappa shape index (κ1) is 21.2. The maximum absolute atomic E-state index is 12.2. The number of aromatic nitrogens is 2. The van der Waals surface area contributed by atoms with Gasteiger partial charge in [-0.25, -0.2) is 14.6 Å². The van der Waals surface area contributed by atoms with Gasteiger partial charge >= 0.3 is 12.1 Å². The third-order valence-electron chi connectivity index (χ3n) is 4.46. The van der Waals surface area contributed by atoms with Crippen LogP contribution < -0.4 is 20.7 Å². The lowest BCUT2D eigenvalue weighted by Gasteiger charge is -2.21. The normalized spacial score (nSPS) is 10.6. The topological polar surface area (TPSA) is 123 Å². The highest BCUT2D eigenvalue weighted by Crippen LogP contribution is 2.32. The van der Waals surface area contributed by atoms with E-state index >= 15 is 0 Å². The van der Waals surface area contributed by atoms with E-state index in [2.05, 4.69) is 36.0 Å². The van der Waals surface area contributed by atoms with Crippen LogP contribution in [0.2, 0.25) is 0 Å². The van der Waals surface area contributed by atoms with E-state index in [9.17, 15) is 9.59 Å². The fourth-order valence-corrected chi connectivity index (χ4v) is 3.49. The van der Waals surface area contributed by atoms with Crippen LogP contribution in [0.15, 0.2) is 71.2 Å². The molecule has 32 heavy (non-hydrogen) atoms. The first-order valence-electron chi connectivity index (χ1n) is 9.41. The number of primary amides is 1. The third-order valence-corrected chi connectivity index (χ3v) is 4.95. The van der Waals surface area contributed by atoms with Crippen molar-refractivity contribution in [1.29, 1.82) is 0 Å². The second-order valence-electron chi connectivity index (χ2n) is 6.63. The first-order chi connectivity index (χ1) is 15.4. The van der Waals surface area contributed by atoms with Crippen LogP contribution in [0.5, 0.6) is 11.5 Å². The van der Waals surface area contributed by atoms with E-state index in [0.29, 0.717) is 33.9 Å². The molecule has 1 heterocycles. The van der Waals surface area contributed by atoms with Crippen molar-refractivity contribution in [3.63, 3.8) is 0 Å². The molecule has 10 heteroatoms. The lowest BCUT2D eigenvalue weighted by molar-refractivity contribution is 0.186. The van der Waals surface area contributed by atoms with Gasteiger partial charge in [0.25, 0.3) is 0 Å². The molecule has 4 N–H and O–H groups in total. The maximum atomic E-state index is 12.2. The van der Waals surface area contributed by atoms with Gasteiger partial charge in [-0.2, -0.15) is 0 Å². The number of nitrogens with one attached hydrogen (secondary N) is 2. The predicted molar refractivity (Wildman–Crippen MR) is 125 cm³/mol. The van der Waals surface area contributed by atoms with Crippen molar-refractivity contribution in [2.24, 2.45) is 5.73 Å². The average Bonchev–Trinajstić information content (AvgIpc) is 3.15. The van der Waals surface area contributed by atoms with E-state index in [1.165, 1.54) is 12.0 Å². The van der Waals surface area contributed by atoms with E-state index in [0.717, 1.165) is 4.47 Å². The highest BCUT2D eigenvalue weighted by Gasteiger charge is 2.16. The SMILES string of the molecule is COC(=O)Nc1nc2ccc(Oc3cccc(N(C(N)=O)c4cccc(Br)c4)c3)cc2[nH]1. The monoisotopic (exact) mass is 495 g/mol. The van der Waals surface area contributed by atoms with Crippen molar-refractivity contribution >= 4 is 56.4 Å². The van der Waals surface area contributed by atoms with Crippen molar-refractivity contribution in [2.75, 3.05) is 17.3 Å². The molecule has 0 fully saturated rings. The second kappa shape index (κ2) is 8.98. The van der Waals surface area contributed by atoms with Gasteiger partial charge in [-0.3, -0.25) is 10.2 Å². The van der Waals surface area contributed by atoms with Gasteiger partial charge in [0.15, 0.2) is 0 Å². The molecular weight excluding hydrogens is 478 g/mol. The minimum Gasteiger partial charge on any atom is -0.457 e. The molecule has 0 spiro atoms. The van der Waals surface area contributed by atoms with Crippen LogP contribution in [0.3, 0.4) is 0 Å². The molecular formula is C22H18BrN5O4. The Morgan fingerprint density at radius 2 is 1.75 bits per heavy atom. The van der Waals surface area contributed by atoms with Gasteiger partial charge in [0.05, 0.1) is 29.5 Å². The summed E-state index contributed by atoms with van der Waals surface area (Å²) >= 11 is 3.41. The molecule has 3 amide bonds. The molecule has 9 nitrogen and oxygen atoms in total. The number of methoxy groups -OCH3 is 1. The number of imidazole rings is 1. The summed E-state index contributed by atoms with van der Waals surface area (Å²) in [7, 11) is 1.27. The number of fused-ring (bicyclic) bond motifs is 1. The highest BCUT2D eigenvalue weighted by molar-refractivity contribution is 9.10. The summed E-state index contributed by atoms with van der Waals surface area (Å²) in [5.41, 5.74) is 8.13. The smallest absolute Gasteiger partial charge is 0.413 e. The van der Waals surface area contributed by atoms with E-state index in [1.54, 1.807) is 54.6 Å². The molecule has 3 aromatic carbocycles. The lowest BCUT2D eigenvalue weighted by atomic mass is 10.2. The van der Waals surface area contributed by atoms with Crippen LogP contribution in [-0.2, 0) is 4.74 Å². The Morgan fingerprint density at radius 3 is 2.47 bits per heavy atom. The number of benzene rings is 3. The quantitative estimate of drug-likeness (QED) is 0.336. The van der Waals surface area contributed by atoms with Crippen LogP contribution >= 0.6 is 15.9 Å². The van der Waals surface area contributed by atoms with Crippen molar-refractivity contribution in [1.82, 2.24) is 9.97 Å². The number of nitrogens with zero attached hydrogens (tertiary/aromatic N) is 2. The van der Waals surface area contributed by atoms with Gasteiger partial charge in [0, 0.05) is 16.6 Å². The Morgan fingerprint density at radius 1 is 1.03 bits per heavy atom. The lowest BCUT2D eigenvalue weighted by Crippen LogP contribution is -2.31. The van der Waals surface area contributed by atoms with Gasteiger partial charge in [-0.15, -0.1) is 0 Å². The Bertz CT molecular complexity index is 1310. The van der Waals surface area contributed by atoms with Crippen LogP contribution in [0, 0.1) is 0 Å². The summed E-state index contributed by atoms with van der Waals surface area (Å²) in [5, 5.41) is 2.48. The summed E-state index contributed by atoms with van der Waals surface area (Å²) < 4.78 is 11.4. The standard InChI is InChI=1S/C22H18BrN5O4/c1-31-22(30)27-21-25-18-9-8-17(12-19(18)26-21)32-16-7-3-6-15(11-16)28(20(24)29)14-5-2-4-13(23)10-14/h2-12H,1H3,(H2,24,29)(H2,25,26,27,30). The molecule has 4 aromatic rings. The number of hydrogen-bond donors (Lipinski definition) is 3. The number of ether oxygens (including phenoxy) is 2. The summed E-state index contributed by atoms with van der Waals surface area (Å²) in [6.07, 6.45) is -0.623. The van der Waals surface area contributed by atoms with Crippen molar-refractivity contribution in [3.8, 4) is 11.5 Å². The molecule has 0 bridgehead atoms. The van der Waals surface area contributed by atoms with Gasteiger partial charge in [-0.05, 0) is 42.5 Å². The zero-order valence-corrected chi connectivity index (χ0v) is 18.4. The van der Waals surface area contributed by atoms with Crippen molar-refractivity contribution in [2.45, 2.75) is 0 Å². The summed E-state index contributed by atoms with van der Waals surface area (Å²) in [4.78, 5) is 32.2. The number of H-pyrrole nitrogens is 1. The molecule has 0 unspecified atom stereocenters. The van der Waals surface area contributed by atoms with Crippen LogP contribution in [-0.4, -0.2) is 29.2 Å². The number of anilines is 3. The Hall–Kier alpha value is -4.05. The molecule has 4 rings (SSSR count). The summed E-state index contributed by atoms with van der Waals surface area (Å²) in [6, 6.07) is 18.9. The van der Waals surface area contributed by atoms with E-state index < -0.39 is 12.1 Å². The van der Waals surface area contributed by atoms with Crippen LogP contribution in [0.1, 0.15) is 0 Å². The van der Waals surface area contributed by atoms with Crippen LogP contribution in [0.25, 0.3) is 11.0 Å². The number of aromatic amines is 1. The Balaban J connectivity index is 1.60. The Kier molecular flexibility index (Phi) is 5.95. The number of carbonyl (C=O) groups excluding carboxylic acids is 2. The largest absolute Gasteiger partial charge is 0.457 e. The number of rotatable bonds is 5. The number of hydrogen-bond acceptors (Lipinski definition) is 5. The van der Waals surface area contributed by atoms with Gasteiger partial charge in [-0.1, -0.05) is 28.1 Å². The number of carbonyl (C=O) groups is 2. The number of urea groups is 1. The molecule has 0 saturated heterocycles. The fraction of sp³-hybridized carbons (Fsp3) is 0.0455. The van der Waals surface area contributed by atoms with E-state index in [4.69, 9.17) is 10.5 Å². The zero-order chi connectivity index (χ0) is 22.7. The minimum absolute atomic E-state index is 0.261. The molecule has 0 atom stereocenters. The summed E-state index contributed by atoms with van der Waals surface area (Å²) in [5.74, 6) is 1.31. The molecule has 0 aliphatic heterocycles. The molecule has 0 aliphatic carbocycles. The van der Waals surface area contributed by atoms with Gasteiger partial charge in [0.1, 0.15) is 11.5 Å².